The lowest BCUT2D eigenvalue weighted by Crippen LogP contribution is -2.21. The molecule has 1 aliphatic rings. The molecule has 4 nitrogen and oxygen atoms in total. The summed E-state index contributed by atoms with van der Waals surface area (Å²) in [5, 5.41) is 0.812. The second-order valence-electron chi connectivity index (χ2n) is 3.55. The van der Waals surface area contributed by atoms with E-state index in [1.807, 2.05) is 0 Å². The smallest absolute Gasteiger partial charge is 0.156 e. The van der Waals surface area contributed by atoms with Crippen LogP contribution in [0, 0.1) is 0 Å². The molecule has 2 N–H and O–H groups in total. The van der Waals surface area contributed by atoms with Gasteiger partial charge in [-0.25, -0.2) is 9.97 Å². The lowest BCUT2D eigenvalue weighted by Gasteiger charge is -2.21. The molecule has 5 heteroatoms. The van der Waals surface area contributed by atoms with Crippen LogP contribution in [0.25, 0.3) is 0 Å². The maximum atomic E-state index is 5.70. The zero-order valence-corrected chi connectivity index (χ0v) is 9.37. The number of aromatic nitrogens is 2. The summed E-state index contributed by atoms with van der Waals surface area (Å²) in [4.78, 5) is 8.18. The van der Waals surface area contributed by atoms with Gasteiger partial charge in [-0.3, -0.25) is 0 Å². The monoisotopic (exact) mass is 225 g/mol. The zero-order valence-electron chi connectivity index (χ0n) is 8.56. The zero-order chi connectivity index (χ0) is 10.5. The Morgan fingerprint density at radius 1 is 1.40 bits per heavy atom. The molecule has 1 aromatic heterocycles. The van der Waals surface area contributed by atoms with E-state index in [1.54, 1.807) is 24.2 Å². The molecule has 1 aliphatic heterocycles. The van der Waals surface area contributed by atoms with Crippen LogP contribution in [-0.2, 0) is 4.74 Å². The minimum absolute atomic E-state index is 0.352. The first-order valence-electron chi connectivity index (χ1n) is 5.17. The predicted molar refractivity (Wildman–Crippen MR) is 60.8 cm³/mol. The van der Waals surface area contributed by atoms with E-state index in [0.717, 1.165) is 23.8 Å². The predicted octanol–water partition coefficient (Wildman–Crippen LogP) is 1.72. The molecule has 1 saturated heterocycles. The molecule has 1 unspecified atom stereocenters. The van der Waals surface area contributed by atoms with E-state index in [4.69, 9.17) is 10.5 Å². The van der Waals surface area contributed by atoms with E-state index in [0.29, 0.717) is 11.9 Å². The average Bonchev–Trinajstić information content (AvgIpc) is 2.29. The Kier molecular flexibility index (Phi) is 3.80. The van der Waals surface area contributed by atoms with Gasteiger partial charge in [-0.05, 0) is 19.3 Å². The second kappa shape index (κ2) is 5.32. The largest absolute Gasteiger partial charge is 0.381 e. The van der Waals surface area contributed by atoms with Crippen LogP contribution in [0.3, 0.4) is 0 Å². The third kappa shape index (κ3) is 3.07. The fraction of sp³-hybridized carbons (Fsp3) is 0.600. The van der Waals surface area contributed by atoms with Crippen molar-refractivity contribution in [1.82, 2.24) is 9.97 Å². The van der Waals surface area contributed by atoms with Crippen LogP contribution in [0.4, 0.5) is 5.82 Å². The van der Waals surface area contributed by atoms with Crippen LogP contribution in [0.2, 0.25) is 0 Å². The van der Waals surface area contributed by atoms with Crippen molar-refractivity contribution in [1.29, 1.82) is 0 Å². The summed E-state index contributed by atoms with van der Waals surface area (Å²) >= 11 is 1.63. The number of nitrogens with two attached hydrogens (primary N) is 1. The van der Waals surface area contributed by atoms with Crippen molar-refractivity contribution < 1.29 is 4.74 Å². The van der Waals surface area contributed by atoms with Crippen LogP contribution in [0.5, 0.6) is 0 Å². The summed E-state index contributed by atoms with van der Waals surface area (Å²) < 4.78 is 5.63. The molecule has 0 aliphatic carbocycles. The van der Waals surface area contributed by atoms with Gasteiger partial charge in [0, 0.05) is 24.8 Å². The van der Waals surface area contributed by atoms with Gasteiger partial charge < -0.3 is 10.5 Å². The maximum absolute atomic E-state index is 5.70. The van der Waals surface area contributed by atoms with Gasteiger partial charge in [0.05, 0.1) is 6.10 Å². The molecule has 0 radical (unpaired) electrons. The normalized spacial score (nSPS) is 21.5. The SMILES string of the molecule is Nc1nccnc1SCC1CCCCO1. The first kappa shape index (κ1) is 10.7. The quantitative estimate of drug-likeness (QED) is 0.794. The van der Waals surface area contributed by atoms with Crippen molar-refractivity contribution in [2.45, 2.75) is 30.4 Å². The molecule has 0 saturated carbocycles. The summed E-state index contributed by atoms with van der Waals surface area (Å²) in [5.74, 6) is 1.43. The molecule has 0 bridgehead atoms. The number of ether oxygens (including phenoxy) is 1. The van der Waals surface area contributed by atoms with Crippen LogP contribution >= 0.6 is 11.8 Å². The Balaban J connectivity index is 1.84. The number of hydrogen-bond acceptors (Lipinski definition) is 5. The third-order valence-electron chi connectivity index (χ3n) is 2.37. The number of thioether (sulfide) groups is 1. The second-order valence-corrected chi connectivity index (χ2v) is 4.56. The van der Waals surface area contributed by atoms with Crippen LogP contribution in [-0.4, -0.2) is 28.4 Å². The van der Waals surface area contributed by atoms with Gasteiger partial charge in [-0.15, -0.1) is 0 Å². The molecule has 0 spiro atoms. The minimum Gasteiger partial charge on any atom is -0.381 e. The van der Waals surface area contributed by atoms with Crippen molar-refractivity contribution in [3.05, 3.63) is 12.4 Å². The van der Waals surface area contributed by atoms with Crippen LogP contribution in [0.15, 0.2) is 17.4 Å². The molecule has 1 aromatic rings. The molecular formula is C10H15N3OS. The lowest BCUT2D eigenvalue weighted by molar-refractivity contribution is 0.0315. The summed E-state index contributed by atoms with van der Waals surface area (Å²) in [6, 6.07) is 0. The Hall–Kier alpha value is -0.810. The lowest BCUT2D eigenvalue weighted by atomic mass is 10.1. The molecule has 1 fully saturated rings. The van der Waals surface area contributed by atoms with E-state index in [1.165, 1.54) is 12.8 Å². The standard InChI is InChI=1S/C10H15N3OS/c11-9-10(13-5-4-12-9)15-7-8-3-1-2-6-14-8/h4-5,8H,1-3,6-7H2,(H2,11,12). The van der Waals surface area contributed by atoms with E-state index in [2.05, 4.69) is 9.97 Å². The Bertz CT molecular complexity index is 315. The number of anilines is 1. The van der Waals surface area contributed by atoms with Gasteiger partial charge in [0.2, 0.25) is 0 Å². The highest BCUT2D eigenvalue weighted by Gasteiger charge is 2.15. The summed E-state index contributed by atoms with van der Waals surface area (Å²) in [6.07, 6.45) is 7.23. The van der Waals surface area contributed by atoms with Gasteiger partial charge in [0.1, 0.15) is 5.03 Å². The van der Waals surface area contributed by atoms with Crippen LogP contribution in [0.1, 0.15) is 19.3 Å². The first-order valence-corrected chi connectivity index (χ1v) is 6.15. The van der Waals surface area contributed by atoms with E-state index < -0.39 is 0 Å². The highest BCUT2D eigenvalue weighted by Crippen LogP contribution is 2.24. The highest BCUT2D eigenvalue weighted by molar-refractivity contribution is 7.99. The van der Waals surface area contributed by atoms with Crippen molar-refractivity contribution in [3.8, 4) is 0 Å². The van der Waals surface area contributed by atoms with Gasteiger partial charge in [-0.2, -0.15) is 0 Å². The van der Waals surface area contributed by atoms with Gasteiger partial charge in [-0.1, -0.05) is 11.8 Å². The number of hydrogen-bond donors (Lipinski definition) is 1. The average molecular weight is 225 g/mol. The van der Waals surface area contributed by atoms with E-state index in [9.17, 15) is 0 Å². The number of nitrogen functional groups attached to an aromatic ring is 1. The minimum atomic E-state index is 0.352. The van der Waals surface area contributed by atoms with Crippen LogP contribution < -0.4 is 5.73 Å². The Labute approximate surface area is 93.6 Å². The maximum Gasteiger partial charge on any atom is 0.156 e. The van der Waals surface area contributed by atoms with Crippen molar-refractivity contribution in [2.24, 2.45) is 0 Å². The van der Waals surface area contributed by atoms with Gasteiger partial charge >= 0.3 is 0 Å². The molecule has 0 aromatic carbocycles. The van der Waals surface area contributed by atoms with Crippen molar-refractivity contribution in [3.63, 3.8) is 0 Å². The third-order valence-corrected chi connectivity index (χ3v) is 3.50. The molecule has 15 heavy (non-hydrogen) atoms. The summed E-state index contributed by atoms with van der Waals surface area (Å²) in [6.45, 7) is 0.890. The Morgan fingerprint density at radius 3 is 3.00 bits per heavy atom. The number of rotatable bonds is 3. The van der Waals surface area contributed by atoms with Crippen molar-refractivity contribution in [2.75, 3.05) is 18.1 Å². The van der Waals surface area contributed by atoms with Gasteiger partial charge in [0.25, 0.3) is 0 Å². The summed E-state index contributed by atoms with van der Waals surface area (Å²) in [5.41, 5.74) is 5.70. The Morgan fingerprint density at radius 2 is 2.27 bits per heavy atom. The van der Waals surface area contributed by atoms with Crippen molar-refractivity contribution >= 4 is 17.6 Å². The molecule has 1 atom stereocenters. The summed E-state index contributed by atoms with van der Waals surface area (Å²) in [7, 11) is 0. The molecule has 82 valence electrons. The topological polar surface area (TPSA) is 61.0 Å². The molecular weight excluding hydrogens is 210 g/mol. The molecule has 2 rings (SSSR count). The fourth-order valence-corrected chi connectivity index (χ4v) is 2.50. The first-order chi connectivity index (χ1) is 7.36. The fourth-order valence-electron chi connectivity index (χ4n) is 1.56. The molecule has 0 amide bonds. The van der Waals surface area contributed by atoms with E-state index in [-0.39, 0.29) is 0 Å². The number of nitrogens with zero attached hydrogens (tertiary/aromatic N) is 2. The molecule has 2 heterocycles. The highest BCUT2D eigenvalue weighted by atomic mass is 32.2. The van der Waals surface area contributed by atoms with E-state index >= 15 is 0 Å². The van der Waals surface area contributed by atoms with Gasteiger partial charge in [0.15, 0.2) is 5.82 Å².